The summed E-state index contributed by atoms with van der Waals surface area (Å²) in [4.78, 5) is 26.5. The lowest BCUT2D eigenvalue weighted by atomic mass is 9.99. The summed E-state index contributed by atoms with van der Waals surface area (Å²) in [5.74, 6) is -1.02. The summed E-state index contributed by atoms with van der Waals surface area (Å²) in [6.45, 7) is 1.12. The molecule has 1 saturated heterocycles. The maximum Gasteiger partial charge on any atom is 0.258 e. The smallest absolute Gasteiger partial charge is 0.258 e. The van der Waals surface area contributed by atoms with E-state index in [4.69, 9.17) is 0 Å². The molecule has 0 saturated carbocycles. The molecule has 4 aromatic rings. The van der Waals surface area contributed by atoms with Gasteiger partial charge >= 0.3 is 0 Å². The number of hydrogen-bond donors (Lipinski definition) is 1. The normalized spacial score (nSPS) is 14.5. The zero-order valence-electron chi connectivity index (χ0n) is 17.4. The number of anilines is 1. The van der Waals surface area contributed by atoms with E-state index >= 15 is 0 Å². The lowest BCUT2D eigenvalue weighted by Gasteiger charge is -2.33. The number of benzene rings is 1. The lowest BCUT2D eigenvalue weighted by molar-refractivity contribution is 0.0712. The standard InChI is InChI=1S/C25H22FN5O/c26-24-21(4-2-9-29-24)25(32)31-11-6-20(7-12-31)30-23-14-19(18-3-1-8-27-15-18)13-17-5-10-28-16-22(17)23/h1-5,8-10,13-16,20,30H,6-7,11-12H2. The van der Waals surface area contributed by atoms with Crippen molar-refractivity contribution in [3.63, 3.8) is 0 Å². The van der Waals surface area contributed by atoms with Gasteiger partial charge in [-0.2, -0.15) is 4.39 Å². The largest absolute Gasteiger partial charge is 0.382 e. The van der Waals surface area contributed by atoms with Crippen LogP contribution in [0.3, 0.4) is 0 Å². The van der Waals surface area contributed by atoms with E-state index in [-0.39, 0.29) is 17.5 Å². The summed E-state index contributed by atoms with van der Waals surface area (Å²) in [5.41, 5.74) is 3.17. The number of likely N-dealkylation sites (tertiary alicyclic amines) is 1. The van der Waals surface area contributed by atoms with Gasteiger partial charge in [0.2, 0.25) is 5.95 Å². The second kappa shape index (κ2) is 8.70. The molecule has 1 aliphatic heterocycles. The zero-order chi connectivity index (χ0) is 21.9. The molecule has 1 aliphatic rings. The Bertz CT molecular complexity index is 1260. The van der Waals surface area contributed by atoms with Crippen molar-refractivity contribution in [3.8, 4) is 11.1 Å². The highest BCUT2D eigenvalue weighted by Gasteiger charge is 2.26. The molecule has 3 aromatic heterocycles. The van der Waals surface area contributed by atoms with Crippen LogP contribution in [0.4, 0.5) is 10.1 Å². The summed E-state index contributed by atoms with van der Waals surface area (Å²) in [6, 6.07) is 13.5. The van der Waals surface area contributed by atoms with Crippen molar-refractivity contribution in [2.45, 2.75) is 18.9 Å². The number of aromatic nitrogens is 3. The Morgan fingerprint density at radius 1 is 0.969 bits per heavy atom. The van der Waals surface area contributed by atoms with Gasteiger partial charge in [-0.15, -0.1) is 0 Å². The molecule has 0 unspecified atom stereocenters. The number of nitrogens with zero attached hydrogens (tertiary/aromatic N) is 4. The van der Waals surface area contributed by atoms with Gasteiger partial charge in [0, 0.05) is 66.8 Å². The second-order valence-electron chi connectivity index (χ2n) is 7.91. The van der Waals surface area contributed by atoms with Gasteiger partial charge in [-0.1, -0.05) is 6.07 Å². The average molecular weight is 427 g/mol. The van der Waals surface area contributed by atoms with E-state index in [2.05, 4.69) is 32.4 Å². The summed E-state index contributed by atoms with van der Waals surface area (Å²) >= 11 is 0. The van der Waals surface area contributed by atoms with Gasteiger partial charge in [0.05, 0.1) is 5.56 Å². The molecule has 1 amide bonds. The van der Waals surface area contributed by atoms with Crippen molar-refractivity contribution in [3.05, 3.63) is 85.0 Å². The van der Waals surface area contributed by atoms with Crippen LogP contribution < -0.4 is 5.32 Å². The minimum absolute atomic E-state index is 0.0279. The Labute approximate surface area is 185 Å². The number of piperidine rings is 1. The lowest BCUT2D eigenvalue weighted by Crippen LogP contribution is -2.42. The first kappa shape index (κ1) is 20.1. The van der Waals surface area contributed by atoms with Crippen LogP contribution in [0.25, 0.3) is 21.9 Å². The van der Waals surface area contributed by atoms with Gasteiger partial charge in [0.15, 0.2) is 0 Å². The predicted octanol–water partition coefficient (Wildman–Crippen LogP) is 4.55. The van der Waals surface area contributed by atoms with E-state index in [1.54, 1.807) is 23.4 Å². The average Bonchev–Trinajstić information content (AvgIpc) is 2.85. The quantitative estimate of drug-likeness (QED) is 0.484. The highest BCUT2D eigenvalue weighted by molar-refractivity contribution is 5.97. The van der Waals surface area contributed by atoms with E-state index in [9.17, 15) is 9.18 Å². The summed E-state index contributed by atoms with van der Waals surface area (Å²) in [6.07, 6.45) is 10.2. The number of carbonyl (C=O) groups is 1. The van der Waals surface area contributed by atoms with E-state index in [0.717, 1.165) is 40.4 Å². The molecule has 5 rings (SSSR count). The van der Waals surface area contributed by atoms with Gasteiger partial charge in [0.1, 0.15) is 0 Å². The Morgan fingerprint density at radius 2 is 1.78 bits per heavy atom. The van der Waals surface area contributed by atoms with Crippen LogP contribution in [-0.2, 0) is 0 Å². The third kappa shape index (κ3) is 4.01. The molecule has 1 N–H and O–H groups in total. The van der Waals surface area contributed by atoms with Crippen LogP contribution in [0.2, 0.25) is 0 Å². The fraction of sp³-hybridized carbons (Fsp3) is 0.200. The molecule has 4 heterocycles. The first-order chi connectivity index (χ1) is 15.7. The Hall–Kier alpha value is -3.87. The van der Waals surface area contributed by atoms with E-state index in [1.807, 2.05) is 30.6 Å². The molecule has 0 radical (unpaired) electrons. The van der Waals surface area contributed by atoms with E-state index < -0.39 is 5.95 Å². The molecule has 0 atom stereocenters. The summed E-state index contributed by atoms with van der Waals surface area (Å²) in [5, 5.41) is 5.81. The van der Waals surface area contributed by atoms with Crippen LogP contribution in [0.5, 0.6) is 0 Å². The molecule has 1 fully saturated rings. The van der Waals surface area contributed by atoms with Gasteiger partial charge in [0.25, 0.3) is 5.91 Å². The minimum Gasteiger partial charge on any atom is -0.382 e. The summed E-state index contributed by atoms with van der Waals surface area (Å²) in [7, 11) is 0. The molecule has 0 spiro atoms. The van der Waals surface area contributed by atoms with Gasteiger partial charge in [-0.05, 0) is 60.2 Å². The van der Waals surface area contributed by atoms with Crippen molar-refractivity contribution in [2.24, 2.45) is 0 Å². The number of halogens is 1. The van der Waals surface area contributed by atoms with Crippen LogP contribution in [0.1, 0.15) is 23.2 Å². The fourth-order valence-electron chi connectivity index (χ4n) is 4.18. The predicted molar refractivity (Wildman–Crippen MR) is 122 cm³/mol. The number of carbonyl (C=O) groups excluding carboxylic acids is 1. The van der Waals surface area contributed by atoms with Crippen LogP contribution in [-0.4, -0.2) is 44.9 Å². The summed E-state index contributed by atoms with van der Waals surface area (Å²) < 4.78 is 13.9. The zero-order valence-corrected chi connectivity index (χ0v) is 17.4. The molecule has 160 valence electrons. The number of hydrogen-bond acceptors (Lipinski definition) is 5. The van der Waals surface area contributed by atoms with Crippen molar-refractivity contribution in [2.75, 3.05) is 18.4 Å². The number of rotatable bonds is 4. The van der Waals surface area contributed by atoms with Crippen molar-refractivity contribution in [1.29, 1.82) is 0 Å². The third-order valence-electron chi connectivity index (χ3n) is 5.88. The second-order valence-corrected chi connectivity index (χ2v) is 7.91. The Kier molecular flexibility index (Phi) is 5.46. The van der Waals surface area contributed by atoms with Crippen LogP contribution in [0.15, 0.2) is 73.4 Å². The van der Waals surface area contributed by atoms with Crippen molar-refractivity contribution >= 4 is 22.4 Å². The van der Waals surface area contributed by atoms with E-state index in [1.165, 1.54) is 12.3 Å². The van der Waals surface area contributed by atoms with Gasteiger partial charge < -0.3 is 10.2 Å². The number of pyridine rings is 3. The molecule has 1 aromatic carbocycles. The minimum atomic E-state index is -0.719. The van der Waals surface area contributed by atoms with Crippen LogP contribution >= 0.6 is 0 Å². The SMILES string of the molecule is O=C(c1cccnc1F)N1CCC(Nc2cc(-c3cccnc3)cc3ccncc23)CC1. The first-order valence-electron chi connectivity index (χ1n) is 10.6. The monoisotopic (exact) mass is 427 g/mol. The van der Waals surface area contributed by atoms with Crippen LogP contribution in [0, 0.1) is 5.95 Å². The molecule has 32 heavy (non-hydrogen) atoms. The number of nitrogens with one attached hydrogen (secondary N) is 1. The van der Waals surface area contributed by atoms with Crippen molar-refractivity contribution < 1.29 is 9.18 Å². The molecular weight excluding hydrogens is 405 g/mol. The number of amides is 1. The number of fused-ring (bicyclic) bond motifs is 1. The molecule has 0 bridgehead atoms. The molecule has 7 heteroatoms. The molecule has 0 aliphatic carbocycles. The highest BCUT2D eigenvalue weighted by Crippen LogP contribution is 2.31. The van der Waals surface area contributed by atoms with E-state index in [0.29, 0.717) is 13.1 Å². The molecule has 6 nitrogen and oxygen atoms in total. The van der Waals surface area contributed by atoms with Gasteiger partial charge in [-0.25, -0.2) is 4.98 Å². The highest BCUT2D eigenvalue weighted by atomic mass is 19.1. The van der Waals surface area contributed by atoms with Crippen molar-refractivity contribution in [1.82, 2.24) is 19.9 Å². The first-order valence-corrected chi connectivity index (χ1v) is 10.6. The molecular formula is C25H22FN5O. The Morgan fingerprint density at radius 3 is 2.56 bits per heavy atom. The maximum atomic E-state index is 13.9. The fourth-order valence-corrected chi connectivity index (χ4v) is 4.18. The third-order valence-corrected chi connectivity index (χ3v) is 5.88. The van der Waals surface area contributed by atoms with Gasteiger partial charge in [-0.3, -0.25) is 14.8 Å². The topological polar surface area (TPSA) is 71.0 Å². The maximum absolute atomic E-state index is 13.9. The Balaban J connectivity index is 1.34.